The molecule has 2 aromatic rings. The average Bonchev–Trinajstić information content (AvgIpc) is 2.49. The van der Waals surface area contributed by atoms with E-state index in [-0.39, 0.29) is 16.4 Å². The Morgan fingerprint density at radius 3 is 2.36 bits per heavy atom. The van der Waals surface area contributed by atoms with Crippen LogP contribution in [0.4, 0.5) is 0 Å². The van der Waals surface area contributed by atoms with Crippen molar-refractivity contribution in [2.75, 3.05) is 0 Å². The molecule has 0 bridgehead atoms. The molecule has 0 aromatic heterocycles. The fourth-order valence-electron chi connectivity index (χ4n) is 2.54. The molecule has 1 unspecified atom stereocenters. The van der Waals surface area contributed by atoms with E-state index in [1.54, 1.807) is 12.1 Å². The Hall–Kier alpha value is -2.42. The summed E-state index contributed by atoms with van der Waals surface area (Å²) in [5, 5.41) is 14.7. The van der Waals surface area contributed by atoms with Crippen LogP contribution in [-0.2, 0) is 10.0 Å². The molecule has 4 nitrogen and oxygen atoms in total. The highest BCUT2D eigenvalue weighted by Gasteiger charge is 2.23. The second kappa shape index (κ2) is 6.14. The van der Waals surface area contributed by atoms with Crippen LogP contribution in [0.3, 0.4) is 0 Å². The molecule has 0 aliphatic heterocycles. The van der Waals surface area contributed by atoms with Crippen molar-refractivity contribution in [3.05, 3.63) is 77.4 Å². The first kappa shape index (κ1) is 16.0. The number of sulfonamides is 1. The zero-order chi connectivity index (χ0) is 16.3. The fourth-order valence-corrected chi connectivity index (χ4v) is 3.24. The van der Waals surface area contributed by atoms with Gasteiger partial charge in [-0.1, -0.05) is 42.5 Å². The molecule has 2 aromatic carbocycles. The monoisotopic (exact) mass is 312 g/mol. The Morgan fingerprint density at radius 1 is 1.23 bits per heavy atom. The van der Waals surface area contributed by atoms with Gasteiger partial charge in [0.25, 0.3) is 0 Å². The van der Waals surface area contributed by atoms with Crippen molar-refractivity contribution >= 4 is 10.0 Å². The summed E-state index contributed by atoms with van der Waals surface area (Å²) in [4.78, 5) is -0.154. The molecule has 1 atom stereocenters. The van der Waals surface area contributed by atoms with E-state index in [1.807, 2.05) is 43.3 Å². The number of nitriles is 1. The summed E-state index contributed by atoms with van der Waals surface area (Å²) in [6.45, 7) is 5.67. The molecule has 0 fully saturated rings. The van der Waals surface area contributed by atoms with Crippen LogP contribution in [0.2, 0.25) is 0 Å². The van der Waals surface area contributed by atoms with E-state index in [0.717, 1.165) is 11.1 Å². The van der Waals surface area contributed by atoms with Gasteiger partial charge in [0.15, 0.2) is 0 Å². The number of benzene rings is 2. The highest BCUT2D eigenvalue weighted by Crippen LogP contribution is 2.33. The van der Waals surface area contributed by atoms with Crippen LogP contribution in [0.15, 0.2) is 60.0 Å². The maximum absolute atomic E-state index is 11.7. The molecule has 112 valence electrons. The molecule has 0 saturated heterocycles. The van der Waals surface area contributed by atoms with Crippen molar-refractivity contribution in [3.63, 3.8) is 0 Å². The highest BCUT2D eigenvalue weighted by molar-refractivity contribution is 7.89. The van der Waals surface area contributed by atoms with E-state index < -0.39 is 10.0 Å². The van der Waals surface area contributed by atoms with Gasteiger partial charge in [-0.2, -0.15) is 5.26 Å². The maximum Gasteiger partial charge on any atom is 0.239 e. The van der Waals surface area contributed by atoms with Crippen LogP contribution < -0.4 is 5.14 Å². The first-order chi connectivity index (χ1) is 10.4. The lowest BCUT2D eigenvalue weighted by atomic mass is 9.85. The van der Waals surface area contributed by atoms with Crippen molar-refractivity contribution in [2.24, 2.45) is 5.14 Å². The van der Waals surface area contributed by atoms with Gasteiger partial charge in [0.1, 0.15) is 6.07 Å². The number of allylic oxidation sites excluding steroid dienone is 1. The summed E-state index contributed by atoms with van der Waals surface area (Å²) in [5.41, 5.74) is 2.45. The van der Waals surface area contributed by atoms with Crippen molar-refractivity contribution in [3.8, 4) is 6.07 Å². The molecule has 0 saturated carbocycles. The fraction of sp³-hybridized carbons (Fsp3) is 0.118. The van der Waals surface area contributed by atoms with Crippen LogP contribution >= 0.6 is 0 Å². The van der Waals surface area contributed by atoms with E-state index in [1.165, 1.54) is 6.07 Å². The number of hydrogen-bond acceptors (Lipinski definition) is 3. The molecule has 0 amide bonds. The molecular formula is C17H16N2O2S. The smallest absolute Gasteiger partial charge is 0.225 e. The molecule has 2 N–H and O–H groups in total. The van der Waals surface area contributed by atoms with Crippen LogP contribution in [0.25, 0.3) is 0 Å². The number of primary sulfonamides is 1. The normalized spacial score (nSPS) is 12.4. The van der Waals surface area contributed by atoms with Gasteiger partial charge in [-0.3, -0.25) is 0 Å². The number of rotatable bonds is 4. The van der Waals surface area contributed by atoms with Gasteiger partial charge in [0, 0.05) is 5.92 Å². The number of hydrogen-bond donors (Lipinski definition) is 1. The Balaban J connectivity index is 2.79. The largest absolute Gasteiger partial charge is 0.239 e. The van der Waals surface area contributed by atoms with Crippen LogP contribution in [0.1, 0.15) is 28.2 Å². The first-order valence-electron chi connectivity index (χ1n) is 6.64. The summed E-state index contributed by atoms with van der Waals surface area (Å²) in [5.74, 6) is -0.280. The van der Waals surface area contributed by atoms with E-state index in [0.29, 0.717) is 5.56 Å². The van der Waals surface area contributed by atoms with Gasteiger partial charge in [-0.25, -0.2) is 13.6 Å². The third-order valence-electron chi connectivity index (χ3n) is 3.55. The van der Waals surface area contributed by atoms with Crippen LogP contribution in [-0.4, -0.2) is 8.42 Å². The zero-order valence-electron chi connectivity index (χ0n) is 12.2. The van der Waals surface area contributed by atoms with Gasteiger partial charge < -0.3 is 0 Å². The summed E-state index contributed by atoms with van der Waals surface area (Å²) in [6.07, 6.45) is 1.70. The van der Waals surface area contributed by atoms with E-state index in [4.69, 9.17) is 5.14 Å². The maximum atomic E-state index is 11.7. The lowest BCUT2D eigenvalue weighted by Gasteiger charge is -2.19. The lowest BCUT2D eigenvalue weighted by Crippen LogP contribution is -2.16. The molecule has 22 heavy (non-hydrogen) atoms. The zero-order valence-corrected chi connectivity index (χ0v) is 13.0. The van der Waals surface area contributed by atoms with Crippen molar-refractivity contribution in [2.45, 2.75) is 17.7 Å². The summed E-state index contributed by atoms with van der Waals surface area (Å²) in [6, 6.07) is 14.5. The van der Waals surface area contributed by atoms with Crippen molar-refractivity contribution in [1.82, 2.24) is 0 Å². The third-order valence-corrected chi connectivity index (χ3v) is 4.50. The molecule has 0 aliphatic rings. The Labute approximate surface area is 130 Å². The Morgan fingerprint density at radius 2 is 1.86 bits per heavy atom. The van der Waals surface area contributed by atoms with E-state index in [2.05, 4.69) is 6.58 Å². The topological polar surface area (TPSA) is 84.0 Å². The number of aryl methyl sites for hydroxylation is 1. The average molecular weight is 312 g/mol. The van der Waals surface area contributed by atoms with Crippen molar-refractivity contribution in [1.29, 1.82) is 5.26 Å². The van der Waals surface area contributed by atoms with Gasteiger partial charge in [-0.05, 0) is 29.7 Å². The van der Waals surface area contributed by atoms with Crippen LogP contribution in [0, 0.1) is 18.3 Å². The van der Waals surface area contributed by atoms with Crippen molar-refractivity contribution < 1.29 is 8.42 Å². The molecule has 5 heteroatoms. The molecule has 0 radical (unpaired) electrons. The molecule has 0 aliphatic carbocycles. The Kier molecular flexibility index (Phi) is 4.45. The second-order valence-corrected chi connectivity index (χ2v) is 6.48. The predicted molar refractivity (Wildman–Crippen MR) is 85.7 cm³/mol. The summed E-state index contributed by atoms with van der Waals surface area (Å²) < 4.78 is 23.4. The standard InChI is InChI=1S/C17H16N2O2S/c1-3-14(13-7-5-4-6-8-13)17-12(2)9-10-16(15(17)11-18)22(19,20)21/h3-10,14H,1H2,2H3,(H2,19,20,21). The van der Waals surface area contributed by atoms with E-state index in [9.17, 15) is 13.7 Å². The van der Waals surface area contributed by atoms with Gasteiger partial charge in [0.05, 0.1) is 10.5 Å². The SMILES string of the molecule is C=CC(c1ccccc1)c1c(C)ccc(S(N)(=O)=O)c1C#N. The van der Waals surface area contributed by atoms with Crippen LogP contribution in [0.5, 0.6) is 0 Å². The van der Waals surface area contributed by atoms with E-state index >= 15 is 0 Å². The molecule has 0 heterocycles. The highest BCUT2D eigenvalue weighted by atomic mass is 32.2. The summed E-state index contributed by atoms with van der Waals surface area (Å²) >= 11 is 0. The first-order valence-corrected chi connectivity index (χ1v) is 8.18. The number of nitrogens with zero attached hydrogens (tertiary/aromatic N) is 1. The molecular weight excluding hydrogens is 296 g/mol. The summed E-state index contributed by atoms with van der Waals surface area (Å²) in [7, 11) is -3.97. The third kappa shape index (κ3) is 2.93. The number of nitrogens with two attached hydrogens (primary N) is 1. The predicted octanol–water partition coefficient (Wildman–Crippen LogP) is 2.83. The lowest BCUT2D eigenvalue weighted by molar-refractivity contribution is 0.597. The second-order valence-electron chi connectivity index (χ2n) is 4.95. The molecule has 0 spiro atoms. The quantitative estimate of drug-likeness (QED) is 0.881. The van der Waals surface area contributed by atoms with Gasteiger partial charge in [-0.15, -0.1) is 6.58 Å². The Bertz CT molecular complexity index is 850. The minimum Gasteiger partial charge on any atom is -0.225 e. The minimum atomic E-state index is -3.97. The van der Waals surface area contributed by atoms with Gasteiger partial charge >= 0.3 is 0 Å². The molecule has 2 rings (SSSR count). The van der Waals surface area contributed by atoms with Gasteiger partial charge in [0.2, 0.25) is 10.0 Å². The minimum absolute atomic E-state index is 0.0799.